The highest BCUT2D eigenvalue weighted by atomic mass is 16.5. The van der Waals surface area contributed by atoms with Gasteiger partial charge in [0.1, 0.15) is 5.75 Å². The minimum absolute atomic E-state index is 0.0559. The van der Waals surface area contributed by atoms with E-state index < -0.39 is 6.10 Å². The van der Waals surface area contributed by atoms with Gasteiger partial charge in [0.15, 0.2) is 6.10 Å². The average molecular weight is 309 g/mol. The fourth-order valence-electron chi connectivity index (χ4n) is 3.03. The predicted molar refractivity (Wildman–Crippen MR) is 91.6 cm³/mol. The third-order valence-electron chi connectivity index (χ3n) is 4.65. The highest BCUT2D eigenvalue weighted by Crippen LogP contribution is 2.23. The van der Waals surface area contributed by atoms with Gasteiger partial charge in [-0.15, -0.1) is 0 Å². The first-order chi connectivity index (χ1) is 11.1. The number of benzene rings is 2. The summed E-state index contributed by atoms with van der Waals surface area (Å²) in [5.41, 5.74) is 4.86. The number of aryl methyl sites for hydroxylation is 1. The molecule has 1 heterocycles. The lowest BCUT2D eigenvalue weighted by molar-refractivity contribution is -0.138. The van der Waals surface area contributed by atoms with Crippen molar-refractivity contribution in [3.63, 3.8) is 0 Å². The highest BCUT2D eigenvalue weighted by Gasteiger charge is 2.26. The van der Waals surface area contributed by atoms with Crippen LogP contribution < -0.4 is 4.74 Å². The molecule has 1 aliphatic rings. The Morgan fingerprint density at radius 3 is 2.61 bits per heavy atom. The molecule has 0 saturated carbocycles. The summed E-state index contributed by atoms with van der Waals surface area (Å²) in [6, 6.07) is 14.3. The zero-order valence-corrected chi connectivity index (χ0v) is 14.0. The molecule has 1 atom stereocenters. The molecule has 0 aromatic heterocycles. The molecule has 0 fully saturated rings. The van der Waals surface area contributed by atoms with E-state index in [1.165, 1.54) is 16.7 Å². The van der Waals surface area contributed by atoms with Crippen molar-refractivity contribution in [2.75, 3.05) is 6.54 Å². The summed E-state index contributed by atoms with van der Waals surface area (Å²) >= 11 is 0. The Labute approximate surface area is 137 Å². The van der Waals surface area contributed by atoms with Crippen LogP contribution in [0.3, 0.4) is 0 Å². The van der Waals surface area contributed by atoms with Gasteiger partial charge in [0.2, 0.25) is 0 Å². The van der Waals surface area contributed by atoms with Gasteiger partial charge in [-0.2, -0.15) is 0 Å². The van der Waals surface area contributed by atoms with Crippen LogP contribution >= 0.6 is 0 Å². The fourth-order valence-corrected chi connectivity index (χ4v) is 3.03. The lowest BCUT2D eigenvalue weighted by Gasteiger charge is -2.31. The minimum Gasteiger partial charge on any atom is -0.481 e. The molecule has 3 rings (SSSR count). The zero-order chi connectivity index (χ0) is 16.4. The average Bonchev–Trinajstić information content (AvgIpc) is 2.57. The van der Waals surface area contributed by atoms with Crippen molar-refractivity contribution in [3.05, 3.63) is 64.7 Å². The van der Waals surface area contributed by atoms with Crippen LogP contribution in [0, 0.1) is 13.8 Å². The summed E-state index contributed by atoms with van der Waals surface area (Å²) in [5, 5.41) is 0. The Bertz CT molecular complexity index is 723. The summed E-state index contributed by atoms with van der Waals surface area (Å²) in [4.78, 5) is 14.6. The predicted octanol–water partition coefficient (Wildman–Crippen LogP) is 3.66. The highest BCUT2D eigenvalue weighted by molar-refractivity contribution is 5.81. The molecule has 0 radical (unpaired) electrons. The SMILES string of the molecule is Cc1cccc(OC(C)C(=O)N2CCc3ccccc3C2)c1C. The van der Waals surface area contributed by atoms with Crippen LogP contribution in [0.15, 0.2) is 42.5 Å². The molecule has 23 heavy (non-hydrogen) atoms. The number of ether oxygens (including phenoxy) is 1. The van der Waals surface area contributed by atoms with E-state index in [1.54, 1.807) is 0 Å². The monoisotopic (exact) mass is 309 g/mol. The molecular formula is C20H23NO2. The Kier molecular flexibility index (Phi) is 4.37. The summed E-state index contributed by atoms with van der Waals surface area (Å²) in [5.74, 6) is 0.851. The summed E-state index contributed by atoms with van der Waals surface area (Å²) in [7, 11) is 0. The second kappa shape index (κ2) is 6.45. The van der Waals surface area contributed by atoms with Crippen LogP contribution in [0.5, 0.6) is 5.75 Å². The van der Waals surface area contributed by atoms with E-state index in [0.29, 0.717) is 6.54 Å². The zero-order valence-electron chi connectivity index (χ0n) is 14.0. The van der Waals surface area contributed by atoms with Gasteiger partial charge in [-0.3, -0.25) is 4.79 Å². The van der Waals surface area contributed by atoms with Crippen LogP contribution in [0.25, 0.3) is 0 Å². The van der Waals surface area contributed by atoms with Crippen LogP contribution in [0.1, 0.15) is 29.2 Å². The van der Waals surface area contributed by atoms with E-state index in [-0.39, 0.29) is 5.91 Å². The maximum atomic E-state index is 12.7. The maximum absolute atomic E-state index is 12.7. The third kappa shape index (κ3) is 3.24. The molecule has 2 aromatic carbocycles. The second-order valence-electron chi connectivity index (χ2n) is 6.24. The van der Waals surface area contributed by atoms with E-state index in [1.807, 2.05) is 36.9 Å². The normalized spacial score (nSPS) is 15.0. The minimum atomic E-state index is -0.472. The number of carbonyl (C=O) groups excluding carboxylic acids is 1. The number of fused-ring (bicyclic) bond motifs is 1. The van der Waals surface area contributed by atoms with Crippen LogP contribution in [-0.2, 0) is 17.8 Å². The van der Waals surface area contributed by atoms with Crippen LogP contribution in [0.2, 0.25) is 0 Å². The van der Waals surface area contributed by atoms with Crippen molar-refractivity contribution in [2.24, 2.45) is 0 Å². The van der Waals surface area contributed by atoms with E-state index >= 15 is 0 Å². The second-order valence-corrected chi connectivity index (χ2v) is 6.24. The molecule has 0 bridgehead atoms. The van der Waals surface area contributed by atoms with Gasteiger partial charge in [-0.05, 0) is 55.5 Å². The van der Waals surface area contributed by atoms with Gasteiger partial charge in [0, 0.05) is 13.1 Å². The van der Waals surface area contributed by atoms with Crippen molar-refractivity contribution in [1.82, 2.24) is 4.90 Å². The van der Waals surface area contributed by atoms with E-state index in [2.05, 4.69) is 31.2 Å². The van der Waals surface area contributed by atoms with Gasteiger partial charge in [0.25, 0.3) is 5.91 Å². The number of carbonyl (C=O) groups is 1. The Balaban J connectivity index is 1.70. The lowest BCUT2D eigenvalue weighted by atomic mass is 9.99. The summed E-state index contributed by atoms with van der Waals surface area (Å²) in [6.07, 6.45) is 0.443. The molecule has 1 aliphatic heterocycles. The number of rotatable bonds is 3. The maximum Gasteiger partial charge on any atom is 0.263 e. The molecule has 2 aromatic rings. The number of nitrogens with zero attached hydrogens (tertiary/aromatic N) is 1. The van der Waals surface area contributed by atoms with Crippen molar-refractivity contribution < 1.29 is 9.53 Å². The molecule has 3 heteroatoms. The fraction of sp³-hybridized carbons (Fsp3) is 0.350. The van der Waals surface area contributed by atoms with Gasteiger partial charge >= 0.3 is 0 Å². The smallest absolute Gasteiger partial charge is 0.263 e. The molecule has 120 valence electrons. The van der Waals surface area contributed by atoms with Crippen molar-refractivity contribution in [1.29, 1.82) is 0 Å². The first kappa shape index (κ1) is 15.6. The lowest BCUT2D eigenvalue weighted by Crippen LogP contribution is -2.43. The molecule has 0 saturated heterocycles. The van der Waals surface area contributed by atoms with Gasteiger partial charge in [-0.1, -0.05) is 36.4 Å². The van der Waals surface area contributed by atoms with Gasteiger partial charge in [-0.25, -0.2) is 0 Å². The topological polar surface area (TPSA) is 29.5 Å². The van der Waals surface area contributed by atoms with Crippen molar-refractivity contribution >= 4 is 5.91 Å². The largest absolute Gasteiger partial charge is 0.481 e. The van der Waals surface area contributed by atoms with Gasteiger partial charge < -0.3 is 9.64 Å². The third-order valence-corrected chi connectivity index (χ3v) is 4.65. The summed E-state index contributed by atoms with van der Waals surface area (Å²) < 4.78 is 5.94. The van der Waals surface area contributed by atoms with Gasteiger partial charge in [0.05, 0.1) is 0 Å². The molecular weight excluding hydrogens is 286 g/mol. The van der Waals surface area contributed by atoms with E-state index in [4.69, 9.17) is 4.74 Å². The van der Waals surface area contributed by atoms with Crippen molar-refractivity contribution in [3.8, 4) is 5.75 Å². The van der Waals surface area contributed by atoms with E-state index in [9.17, 15) is 4.79 Å². The Morgan fingerprint density at radius 2 is 1.83 bits per heavy atom. The first-order valence-corrected chi connectivity index (χ1v) is 8.14. The van der Waals surface area contributed by atoms with Crippen LogP contribution in [-0.4, -0.2) is 23.5 Å². The quantitative estimate of drug-likeness (QED) is 0.866. The first-order valence-electron chi connectivity index (χ1n) is 8.14. The van der Waals surface area contributed by atoms with Crippen molar-refractivity contribution in [2.45, 2.75) is 39.8 Å². The molecule has 0 N–H and O–H groups in total. The van der Waals surface area contributed by atoms with Crippen LogP contribution in [0.4, 0.5) is 0 Å². The Hall–Kier alpha value is -2.29. The molecule has 0 aliphatic carbocycles. The number of hydrogen-bond acceptors (Lipinski definition) is 2. The Morgan fingerprint density at radius 1 is 1.09 bits per heavy atom. The molecule has 1 unspecified atom stereocenters. The molecule has 0 spiro atoms. The number of hydrogen-bond donors (Lipinski definition) is 0. The summed E-state index contributed by atoms with van der Waals surface area (Å²) in [6.45, 7) is 7.35. The standard InChI is InChI=1S/C20H23NO2/c1-14-7-6-10-19(15(14)2)23-16(3)20(22)21-12-11-17-8-4-5-9-18(17)13-21/h4-10,16H,11-13H2,1-3H3. The molecule has 1 amide bonds. The van der Waals surface area contributed by atoms with E-state index in [0.717, 1.165) is 24.3 Å². The molecule has 3 nitrogen and oxygen atoms in total. The number of amides is 1.